The standard InChI is InChI=1S/C12H14N4O2/c13-15-12(17)10-4-1-2-5-11(10)18-9-8-16-7-3-6-14-16/h1-7H,8-9,13H2,(H,15,17). The van der Waals surface area contributed by atoms with Crippen LogP contribution in [-0.2, 0) is 6.54 Å². The van der Waals surface area contributed by atoms with Crippen LogP contribution in [0.5, 0.6) is 5.75 Å². The molecule has 1 aromatic heterocycles. The minimum atomic E-state index is -0.371. The van der Waals surface area contributed by atoms with Gasteiger partial charge in [0.25, 0.3) is 5.91 Å². The van der Waals surface area contributed by atoms with Crippen molar-refractivity contribution in [2.24, 2.45) is 5.84 Å². The number of nitrogen functional groups attached to an aromatic ring is 1. The molecule has 0 aliphatic heterocycles. The molecular formula is C12H14N4O2. The zero-order valence-electron chi connectivity index (χ0n) is 9.74. The van der Waals surface area contributed by atoms with Crippen LogP contribution in [0.4, 0.5) is 0 Å². The van der Waals surface area contributed by atoms with Crippen molar-refractivity contribution in [1.82, 2.24) is 15.2 Å². The number of carbonyl (C=O) groups excluding carboxylic acids is 1. The Labute approximate surface area is 104 Å². The Hall–Kier alpha value is -2.34. The molecule has 0 unspecified atom stereocenters. The summed E-state index contributed by atoms with van der Waals surface area (Å²) in [5, 5.41) is 4.06. The molecule has 0 spiro atoms. The highest BCUT2D eigenvalue weighted by Crippen LogP contribution is 2.17. The topological polar surface area (TPSA) is 82.2 Å². The van der Waals surface area contributed by atoms with E-state index in [0.717, 1.165) is 0 Å². The van der Waals surface area contributed by atoms with E-state index in [-0.39, 0.29) is 5.91 Å². The molecule has 1 aromatic carbocycles. The van der Waals surface area contributed by atoms with E-state index in [1.165, 1.54) is 0 Å². The zero-order valence-corrected chi connectivity index (χ0v) is 9.74. The number of rotatable bonds is 5. The van der Waals surface area contributed by atoms with Gasteiger partial charge in [0.1, 0.15) is 12.4 Å². The third kappa shape index (κ3) is 2.86. The van der Waals surface area contributed by atoms with E-state index in [2.05, 4.69) is 10.5 Å². The third-order valence-electron chi connectivity index (χ3n) is 2.40. The lowest BCUT2D eigenvalue weighted by atomic mass is 10.2. The van der Waals surface area contributed by atoms with Crippen LogP contribution >= 0.6 is 0 Å². The van der Waals surface area contributed by atoms with Crippen molar-refractivity contribution < 1.29 is 9.53 Å². The average Bonchev–Trinajstić information content (AvgIpc) is 2.92. The zero-order chi connectivity index (χ0) is 12.8. The summed E-state index contributed by atoms with van der Waals surface area (Å²) in [6, 6.07) is 8.79. The summed E-state index contributed by atoms with van der Waals surface area (Å²) in [6.07, 6.45) is 3.55. The van der Waals surface area contributed by atoms with Gasteiger partial charge in [0.2, 0.25) is 0 Å². The second kappa shape index (κ2) is 5.83. The first-order valence-electron chi connectivity index (χ1n) is 5.51. The van der Waals surface area contributed by atoms with Gasteiger partial charge < -0.3 is 4.74 Å². The van der Waals surface area contributed by atoms with Crippen LogP contribution in [0.15, 0.2) is 42.7 Å². The predicted molar refractivity (Wildman–Crippen MR) is 65.8 cm³/mol. The van der Waals surface area contributed by atoms with Gasteiger partial charge in [-0.1, -0.05) is 12.1 Å². The van der Waals surface area contributed by atoms with Crippen molar-refractivity contribution in [3.05, 3.63) is 48.3 Å². The van der Waals surface area contributed by atoms with E-state index in [9.17, 15) is 4.79 Å². The van der Waals surface area contributed by atoms with Crippen LogP contribution in [0, 0.1) is 0 Å². The van der Waals surface area contributed by atoms with E-state index < -0.39 is 0 Å². The van der Waals surface area contributed by atoms with Crippen molar-refractivity contribution in [2.75, 3.05) is 6.61 Å². The summed E-state index contributed by atoms with van der Waals surface area (Å²) in [5.41, 5.74) is 2.51. The Balaban J connectivity index is 1.98. The molecule has 0 saturated carbocycles. The van der Waals surface area contributed by atoms with Crippen LogP contribution < -0.4 is 16.0 Å². The fraction of sp³-hybridized carbons (Fsp3) is 0.167. The lowest BCUT2D eigenvalue weighted by Crippen LogP contribution is -2.30. The highest BCUT2D eigenvalue weighted by Gasteiger charge is 2.10. The normalized spacial score (nSPS) is 10.1. The number of amides is 1. The van der Waals surface area contributed by atoms with Crippen molar-refractivity contribution in [1.29, 1.82) is 0 Å². The molecule has 1 amide bonds. The molecule has 0 bridgehead atoms. The fourth-order valence-corrected chi connectivity index (χ4v) is 1.54. The summed E-state index contributed by atoms with van der Waals surface area (Å²) in [5.74, 6) is 5.25. The maximum absolute atomic E-state index is 11.5. The van der Waals surface area contributed by atoms with Gasteiger partial charge in [-0.15, -0.1) is 0 Å². The van der Waals surface area contributed by atoms with Gasteiger partial charge in [-0.2, -0.15) is 5.10 Å². The largest absolute Gasteiger partial charge is 0.491 e. The maximum Gasteiger partial charge on any atom is 0.268 e. The van der Waals surface area contributed by atoms with E-state index in [1.54, 1.807) is 35.1 Å². The van der Waals surface area contributed by atoms with E-state index >= 15 is 0 Å². The molecule has 6 nitrogen and oxygen atoms in total. The number of carbonyl (C=O) groups is 1. The summed E-state index contributed by atoms with van der Waals surface area (Å²) < 4.78 is 7.31. The summed E-state index contributed by atoms with van der Waals surface area (Å²) in [6.45, 7) is 1.04. The van der Waals surface area contributed by atoms with Crippen LogP contribution in [0.3, 0.4) is 0 Å². The molecule has 0 aliphatic carbocycles. The van der Waals surface area contributed by atoms with Gasteiger partial charge in [-0.3, -0.25) is 14.9 Å². The molecule has 2 rings (SSSR count). The van der Waals surface area contributed by atoms with Gasteiger partial charge in [-0.25, -0.2) is 5.84 Å². The fourth-order valence-electron chi connectivity index (χ4n) is 1.54. The SMILES string of the molecule is NNC(=O)c1ccccc1OCCn1cccn1. The predicted octanol–water partition coefficient (Wildman–Crippen LogP) is 0.566. The second-order valence-corrected chi connectivity index (χ2v) is 3.59. The van der Waals surface area contributed by atoms with Crippen LogP contribution in [0.2, 0.25) is 0 Å². The lowest BCUT2D eigenvalue weighted by Gasteiger charge is -2.10. The van der Waals surface area contributed by atoms with Crippen LogP contribution in [0.1, 0.15) is 10.4 Å². The number of para-hydroxylation sites is 1. The number of ether oxygens (including phenoxy) is 1. The first kappa shape index (κ1) is 12.1. The van der Waals surface area contributed by atoms with E-state index in [0.29, 0.717) is 24.5 Å². The lowest BCUT2D eigenvalue weighted by molar-refractivity contribution is 0.0949. The molecule has 18 heavy (non-hydrogen) atoms. The highest BCUT2D eigenvalue weighted by molar-refractivity contribution is 5.96. The van der Waals surface area contributed by atoms with Crippen molar-refractivity contribution >= 4 is 5.91 Å². The van der Waals surface area contributed by atoms with Crippen LogP contribution in [0.25, 0.3) is 0 Å². The molecule has 94 valence electrons. The molecular weight excluding hydrogens is 232 g/mol. The Morgan fingerprint density at radius 1 is 1.39 bits per heavy atom. The molecule has 6 heteroatoms. The number of hydrazine groups is 1. The summed E-state index contributed by atoms with van der Waals surface area (Å²) in [7, 11) is 0. The number of hydrogen-bond donors (Lipinski definition) is 2. The van der Waals surface area contributed by atoms with Gasteiger partial charge in [0.15, 0.2) is 0 Å². The first-order chi connectivity index (χ1) is 8.81. The van der Waals surface area contributed by atoms with Crippen molar-refractivity contribution in [3.63, 3.8) is 0 Å². The Morgan fingerprint density at radius 2 is 2.22 bits per heavy atom. The minimum absolute atomic E-state index is 0.371. The summed E-state index contributed by atoms with van der Waals surface area (Å²) in [4.78, 5) is 11.5. The van der Waals surface area contributed by atoms with E-state index in [1.807, 2.05) is 12.3 Å². The number of nitrogens with zero attached hydrogens (tertiary/aromatic N) is 2. The van der Waals surface area contributed by atoms with Gasteiger partial charge in [0, 0.05) is 12.4 Å². The second-order valence-electron chi connectivity index (χ2n) is 3.59. The molecule has 2 aromatic rings. The molecule has 1 heterocycles. The molecule has 3 N–H and O–H groups in total. The highest BCUT2D eigenvalue weighted by atomic mass is 16.5. The number of benzene rings is 1. The van der Waals surface area contributed by atoms with Gasteiger partial charge in [-0.05, 0) is 18.2 Å². The van der Waals surface area contributed by atoms with Crippen LogP contribution in [-0.4, -0.2) is 22.3 Å². The van der Waals surface area contributed by atoms with Crippen molar-refractivity contribution in [2.45, 2.75) is 6.54 Å². The first-order valence-corrected chi connectivity index (χ1v) is 5.51. The maximum atomic E-state index is 11.5. The van der Waals surface area contributed by atoms with Crippen molar-refractivity contribution in [3.8, 4) is 5.75 Å². The molecule has 0 saturated heterocycles. The van der Waals surface area contributed by atoms with Gasteiger partial charge >= 0.3 is 0 Å². The number of nitrogens with two attached hydrogens (primary N) is 1. The summed E-state index contributed by atoms with van der Waals surface area (Å²) >= 11 is 0. The molecule has 0 aliphatic rings. The Bertz CT molecular complexity index is 511. The Morgan fingerprint density at radius 3 is 2.94 bits per heavy atom. The smallest absolute Gasteiger partial charge is 0.268 e. The molecule has 0 radical (unpaired) electrons. The minimum Gasteiger partial charge on any atom is -0.491 e. The third-order valence-corrected chi connectivity index (χ3v) is 2.40. The number of aromatic nitrogens is 2. The quantitative estimate of drug-likeness (QED) is 0.459. The van der Waals surface area contributed by atoms with E-state index in [4.69, 9.17) is 10.6 Å². The monoisotopic (exact) mass is 246 g/mol. The molecule has 0 atom stereocenters. The molecule has 0 fully saturated rings. The number of nitrogens with one attached hydrogen (secondary N) is 1. The van der Waals surface area contributed by atoms with Gasteiger partial charge in [0.05, 0.1) is 12.1 Å². The number of hydrogen-bond acceptors (Lipinski definition) is 4. The average molecular weight is 246 g/mol. The Kier molecular flexibility index (Phi) is 3.93.